The third kappa shape index (κ3) is 3.34. The maximum Gasteiger partial charge on any atom is 0.0960 e. The van der Waals surface area contributed by atoms with Gasteiger partial charge in [0, 0.05) is 12.1 Å². The number of para-hydroxylation sites is 2. The molecule has 2 aliphatic rings. The average Bonchev–Trinajstić information content (AvgIpc) is 3.07. The molecule has 0 spiro atoms. The number of fused-ring (bicyclic) bond motifs is 1. The van der Waals surface area contributed by atoms with Gasteiger partial charge in [-0.15, -0.1) is 0 Å². The van der Waals surface area contributed by atoms with Crippen molar-refractivity contribution in [1.82, 2.24) is 25.5 Å². The second-order valence-electron chi connectivity index (χ2n) is 7.39. The van der Waals surface area contributed by atoms with Gasteiger partial charge in [0.05, 0.1) is 23.5 Å². The molecule has 4 atom stereocenters. The van der Waals surface area contributed by atoms with E-state index in [2.05, 4.69) is 56.7 Å². The van der Waals surface area contributed by atoms with Crippen LogP contribution in [0.2, 0.25) is 0 Å². The van der Waals surface area contributed by atoms with E-state index in [1.165, 1.54) is 24.9 Å². The fraction of sp³-hybridized carbons (Fsp3) is 0.632. The Morgan fingerprint density at radius 2 is 2.17 bits per heavy atom. The van der Waals surface area contributed by atoms with E-state index in [4.69, 9.17) is 0 Å². The van der Waals surface area contributed by atoms with E-state index in [0.29, 0.717) is 18.2 Å². The molecule has 130 valence electrons. The molecular formula is C19H29N5. The lowest BCUT2D eigenvalue weighted by Gasteiger charge is -2.37. The van der Waals surface area contributed by atoms with Crippen molar-refractivity contribution in [3.8, 4) is 0 Å². The van der Waals surface area contributed by atoms with E-state index >= 15 is 0 Å². The Kier molecular flexibility index (Phi) is 4.83. The first-order chi connectivity index (χ1) is 11.8. The van der Waals surface area contributed by atoms with Crippen molar-refractivity contribution in [2.75, 3.05) is 19.6 Å². The van der Waals surface area contributed by atoms with Gasteiger partial charge in [-0.1, -0.05) is 12.1 Å². The molecule has 0 bridgehead atoms. The van der Waals surface area contributed by atoms with Crippen molar-refractivity contribution in [2.45, 2.75) is 50.9 Å². The van der Waals surface area contributed by atoms with E-state index in [1.54, 1.807) is 0 Å². The normalized spacial score (nSPS) is 29.6. The van der Waals surface area contributed by atoms with Gasteiger partial charge in [-0.3, -0.25) is 5.32 Å². The van der Waals surface area contributed by atoms with Crippen LogP contribution >= 0.6 is 0 Å². The van der Waals surface area contributed by atoms with E-state index in [1.807, 2.05) is 6.33 Å². The van der Waals surface area contributed by atoms with E-state index in [-0.39, 0.29) is 0 Å². The number of rotatable bonds is 4. The van der Waals surface area contributed by atoms with Crippen molar-refractivity contribution in [3.63, 3.8) is 0 Å². The van der Waals surface area contributed by atoms with Crippen LogP contribution in [0.1, 0.15) is 38.6 Å². The minimum absolute atomic E-state index is 0.391. The number of piperidine rings is 2. The van der Waals surface area contributed by atoms with Gasteiger partial charge in [0.25, 0.3) is 0 Å². The first kappa shape index (κ1) is 16.1. The predicted molar refractivity (Wildman–Crippen MR) is 98.0 cm³/mol. The molecule has 3 heterocycles. The van der Waals surface area contributed by atoms with Crippen LogP contribution < -0.4 is 16.0 Å². The topological polar surface area (TPSA) is 53.9 Å². The molecular weight excluding hydrogens is 298 g/mol. The highest BCUT2D eigenvalue weighted by Gasteiger charge is 2.27. The van der Waals surface area contributed by atoms with Gasteiger partial charge in [0.15, 0.2) is 0 Å². The van der Waals surface area contributed by atoms with Crippen molar-refractivity contribution in [2.24, 2.45) is 5.92 Å². The summed E-state index contributed by atoms with van der Waals surface area (Å²) in [5, 5.41) is 11.0. The Labute approximate surface area is 144 Å². The minimum Gasteiger partial charge on any atom is -0.327 e. The molecule has 0 saturated carbocycles. The van der Waals surface area contributed by atoms with Crippen molar-refractivity contribution in [1.29, 1.82) is 0 Å². The van der Waals surface area contributed by atoms with Gasteiger partial charge in [-0.05, 0) is 70.3 Å². The molecule has 1 aromatic heterocycles. The Morgan fingerprint density at radius 3 is 3.04 bits per heavy atom. The highest BCUT2D eigenvalue weighted by Crippen LogP contribution is 2.26. The molecule has 0 amide bonds. The summed E-state index contributed by atoms with van der Waals surface area (Å²) in [6.45, 7) is 5.73. The summed E-state index contributed by atoms with van der Waals surface area (Å²) in [7, 11) is 0. The molecule has 2 fully saturated rings. The molecule has 4 rings (SSSR count). The number of hydrogen-bond donors (Lipinski definition) is 3. The second kappa shape index (κ2) is 7.21. The average molecular weight is 327 g/mol. The standard InChI is InChI=1S/C19H29N5/c1-14(15-5-4-9-20-12-15)23-19-11-16(8-10-21-19)24-13-22-17-6-2-3-7-18(17)24/h2-3,6-7,13-16,19-21,23H,4-5,8-12H2,1H3. The van der Waals surface area contributed by atoms with Gasteiger partial charge in [-0.2, -0.15) is 0 Å². The highest BCUT2D eigenvalue weighted by molar-refractivity contribution is 5.75. The number of hydrogen-bond acceptors (Lipinski definition) is 4. The lowest BCUT2D eigenvalue weighted by Crippen LogP contribution is -2.54. The monoisotopic (exact) mass is 327 g/mol. The van der Waals surface area contributed by atoms with E-state index in [9.17, 15) is 0 Å². The third-order valence-electron chi connectivity index (χ3n) is 5.76. The van der Waals surface area contributed by atoms with Crippen LogP contribution in [0.3, 0.4) is 0 Å². The van der Waals surface area contributed by atoms with Gasteiger partial charge < -0.3 is 15.2 Å². The number of benzene rings is 1. The van der Waals surface area contributed by atoms with E-state index in [0.717, 1.165) is 37.4 Å². The van der Waals surface area contributed by atoms with Crippen LogP contribution in [-0.4, -0.2) is 41.4 Å². The summed E-state index contributed by atoms with van der Waals surface area (Å²) in [6, 6.07) is 9.52. The zero-order valence-corrected chi connectivity index (χ0v) is 14.5. The molecule has 5 heteroatoms. The molecule has 2 aliphatic heterocycles. The van der Waals surface area contributed by atoms with Crippen LogP contribution in [0, 0.1) is 5.92 Å². The van der Waals surface area contributed by atoms with Gasteiger partial charge >= 0.3 is 0 Å². The van der Waals surface area contributed by atoms with Crippen molar-refractivity contribution >= 4 is 11.0 Å². The van der Waals surface area contributed by atoms with Crippen LogP contribution in [-0.2, 0) is 0 Å². The van der Waals surface area contributed by atoms with Crippen LogP contribution in [0.25, 0.3) is 11.0 Å². The fourth-order valence-corrected chi connectivity index (χ4v) is 4.31. The lowest BCUT2D eigenvalue weighted by atomic mass is 9.92. The zero-order valence-electron chi connectivity index (χ0n) is 14.5. The quantitative estimate of drug-likeness (QED) is 0.806. The molecule has 3 N–H and O–H groups in total. The smallest absolute Gasteiger partial charge is 0.0960 e. The summed E-state index contributed by atoms with van der Waals surface area (Å²) in [6.07, 6.45) is 7.33. The van der Waals surface area contributed by atoms with Gasteiger partial charge in [0.1, 0.15) is 0 Å². The van der Waals surface area contributed by atoms with Gasteiger partial charge in [0.2, 0.25) is 0 Å². The maximum absolute atomic E-state index is 4.57. The molecule has 5 nitrogen and oxygen atoms in total. The number of aromatic nitrogens is 2. The maximum atomic E-state index is 4.57. The Balaban J connectivity index is 1.42. The molecule has 0 radical (unpaired) electrons. The minimum atomic E-state index is 0.391. The molecule has 24 heavy (non-hydrogen) atoms. The third-order valence-corrected chi connectivity index (χ3v) is 5.76. The molecule has 2 aromatic rings. The second-order valence-corrected chi connectivity index (χ2v) is 7.39. The Morgan fingerprint density at radius 1 is 1.25 bits per heavy atom. The lowest BCUT2D eigenvalue weighted by molar-refractivity contribution is 0.215. The van der Waals surface area contributed by atoms with Crippen LogP contribution in [0.5, 0.6) is 0 Å². The fourth-order valence-electron chi connectivity index (χ4n) is 4.31. The molecule has 4 unspecified atom stereocenters. The molecule has 1 aromatic carbocycles. The summed E-state index contributed by atoms with van der Waals surface area (Å²) in [5.74, 6) is 0.745. The number of nitrogens with zero attached hydrogens (tertiary/aromatic N) is 2. The summed E-state index contributed by atoms with van der Waals surface area (Å²) >= 11 is 0. The van der Waals surface area contributed by atoms with Crippen molar-refractivity contribution in [3.05, 3.63) is 30.6 Å². The van der Waals surface area contributed by atoms with Gasteiger partial charge in [-0.25, -0.2) is 4.98 Å². The summed E-state index contributed by atoms with van der Waals surface area (Å²) < 4.78 is 2.37. The number of imidazole rings is 1. The first-order valence-electron chi connectivity index (χ1n) is 9.43. The first-order valence-corrected chi connectivity index (χ1v) is 9.43. The number of nitrogens with one attached hydrogen (secondary N) is 3. The summed E-state index contributed by atoms with van der Waals surface area (Å²) in [4.78, 5) is 4.57. The zero-order chi connectivity index (χ0) is 16.4. The largest absolute Gasteiger partial charge is 0.327 e. The molecule has 2 saturated heterocycles. The SMILES string of the molecule is CC(NC1CC(n2cnc3ccccc32)CCN1)C1CCCNC1. The Hall–Kier alpha value is -1.43. The molecule has 0 aliphatic carbocycles. The van der Waals surface area contributed by atoms with Crippen molar-refractivity contribution < 1.29 is 0 Å². The highest BCUT2D eigenvalue weighted by atomic mass is 15.2. The van der Waals surface area contributed by atoms with E-state index < -0.39 is 0 Å². The summed E-state index contributed by atoms with van der Waals surface area (Å²) in [5.41, 5.74) is 2.36. The predicted octanol–water partition coefficient (Wildman–Crippen LogP) is 2.26. The van der Waals surface area contributed by atoms with Crippen LogP contribution in [0.15, 0.2) is 30.6 Å². The van der Waals surface area contributed by atoms with Crippen LogP contribution in [0.4, 0.5) is 0 Å². The Bertz CT molecular complexity index is 661.